The molecule has 1 aliphatic carbocycles. The number of aryl methyl sites for hydroxylation is 2. The third-order valence-electron chi connectivity index (χ3n) is 5.37. The van der Waals surface area contributed by atoms with E-state index in [0.717, 1.165) is 6.54 Å². The van der Waals surface area contributed by atoms with Crippen molar-refractivity contribution in [2.45, 2.75) is 44.9 Å². The van der Waals surface area contributed by atoms with Gasteiger partial charge < -0.3 is 10.3 Å². The van der Waals surface area contributed by atoms with Gasteiger partial charge in [-0.1, -0.05) is 25.0 Å². The molecule has 19 heavy (non-hydrogen) atoms. The first-order chi connectivity index (χ1) is 9.09. The lowest BCUT2D eigenvalue weighted by Crippen LogP contribution is -2.31. The van der Waals surface area contributed by atoms with Crippen molar-refractivity contribution in [3.8, 4) is 0 Å². The molecule has 2 nitrogen and oxygen atoms in total. The molecule has 1 aromatic heterocycles. The first-order valence-corrected chi connectivity index (χ1v) is 7.35. The molecule has 1 aromatic carbocycles. The Balaban J connectivity index is 2.19. The zero-order valence-electron chi connectivity index (χ0n) is 12.3. The average Bonchev–Trinajstić information content (AvgIpc) is 3.01. The lowest BCUT2D eigenvalue weighted by atomic mass is 9.79. The summed E-state index contributed by atoms with van der Waals surface area (Å²) in [6.07, 6.45) is 5.13. The minimum absolute atomic E-state index is 0.236. The minimum Gasteiger partial charge on any atom is -0.348 e. The minimum atomic E-state index is 0.236. The van der Waals surface area contributed by atoms with Crippen molar-refractivity contribution in [3.05, 3.63) is 35.0 Å². The van der Waals surface area contributed by atoms with E-state index in [1.807, 2.05) is 0 Å². The molecule has 102 valence electrons. The van der Waals surface area contributed by atoms with E-state index in [2.05, 4.69) is 43.7 Å². The second kappa shape index (κ2) is 4.38. The molecule has 1 saturated carbocycles. The molecule has 1 heterocycles. The average molecular weight is 256 g/mol. The Labute approximate surface area is 115 Å². The maximum absolute atomic E-state index is 6.11. The summed E-state index contributed by atoms with van der Waals surface area (Å²) in [4.78, 5) is 0. The van der Waals surface area contributed by atoms with E-state index in [9.17, 15) is 0 Å². The number of aromatic nitrogens is 1. The van der Waals surface area contributed by atoms with Crippen molar-refractivity contribution in [2.75, 3.05) is 6.54 Å². The fraction of sp³-hybridized carbons (Fsp3) is 0.529. The molecule has 0 aliphatic heterocycles. The number of fused-ring (bicyclic) bond motifs is 1. The first kappa shape index (κ1) is 12.7. The van der Waals surface area contributed by atoms with Crippen LogP contribution in [0.15, 0.2) is 18.2 Å². The summed E-state index contributed by atoms with van der Waals surface area (Å²) in [6, 6.07) is 6.99. The maximum Gasteiger partial charge on any atom is 0.0485 e. The SMILES string of the molecule is Cc1c(C)n(C)c2cc(C3(CN)CCCC3)ccc12. The number of benzene rings is 1. The fourth-order valence-electron chi connectivity index (χ4n) is 3.75. The number of hydrogen-bond donors (Lipinski definition) is 1. The van der Waals surface area contributed by atoms with Crippen molar-refractivity contribution in [1.82, 2.24) is 4.57 Å². The Kier molecular flexibility index (Phi) is 2.94. The molecule has 1 aliphatic rings. The predicted octanol–water partition coefficient (Wildman–Crippen LogP) is 3.57. The van der Waals surface area contributed by atoms with Crippen LogP contribution in [0.5, 0.6) is 0 Å². The Morgan fingerprint density at radius 2 is 1.89 bits per heavy atom. The molecule has 0 bridgehead atoms. The molecule has 0 unspecified atom stereocenters. The number of hydrogen-bond acceptors (Lipinski definition) is 1. The number of rotatable bonds is 2. The van der Waals surface area contributed by atoms with Crippen molar-refractivity contribution in [2.24, 2.45) is 12.8 Å². The lowest BCUT2D eigenvalue weighted by molar-refractivity contribution is 0.453. The lowest BCUT2D eigenvalue weighted by Gasteiger charge is -2.28. The van der Waals surface area contributed by atoms with E-state index in [4.69, 9.17) is 5.73 Å². The van der Waals surface area contributed by atoms with Gasteiger partial charge in [0.2, 0.25) is 0 Å². The normalized spacial score (nSPS) is 18.3. The van der Waals surface area contributed by atoms with Gasteiger partial charge in [-0.3, -0.25) is 0 Å². The van der Waals surface area contributed by atoms with Crippen LogP contribution in [0.4, 0.5) is 0 Å². The molecule has 2 heteroatoms. The third kappa shape index (κ3) is 1.73. The fourth-order valence-corrected chi connectivity index (χ4v) is 3.75. The quantitative estimate of drug-likeness (QED) is 0.875. The van der Waals surface area contributed by atoms with Gasteiger partial charge in [0.15, 0.2) is 0 Å². The van der Waals surface area contributed by atoms with Gasteiger partial charge in [0, 0.05) is 35.6 Å². The molecule has 1 fully saturated rings. The number of nitrogens with two attached hydrogens (primary N) is 1. The van der Waals surface area contributed by atoms with Gasteiger partial charge in [-0.05, 0) is 43.9 Å². The summed E-state index contributed by atoms with van der Waals surface area (Å²) in [5.74, 6) is 0. The topological polar surface area (TPSA) is 30.9 Å². The Morgan fingerprint density at radius 1 is 1.21 bits per heavy atom. The second-order valence-corrected chi connectivity index (χ2v) is 6.19. The van der Waals surface area contributed by atoms with Crippen LogP contribution in [-0.2, 0) is 12.5 Å². The van der Waals surface area contributed by atoms with Gasteiger partial charge in [-0.15, -0.1) is 0 Å². The molecule has 2 aromatic rings. The summed E-state index contributed by atoms with van der Waals surface area (Å²) in [7, 11) is 2.16. The molecular formula is C17H24N2. The van der Waals surface area contributed by atoms with E-state index < -0.39 is 0 Å². The van der Waals surface area contributed by atoms with E-state index in [1.165, 1.54) is 53.4 Å². The molecule has 0 saturated heterocycles. The van der Waals surface area contributed by atoms with Crippen LogP contribution in [0.25, 0.3) is 10.9 Å². The van der Waals surface area contributed by atoms with Crippen LogP contribution in [0.1, 0.15) is 42.5 Å². The highest BCUT2D eigenvalue weighted by atomic mass is 14.9. The summed E-state index contributed by atoms with van der Waals surface area (Å²) in [5.41, 5.74) is 11.9. The maximum atomic E-state index is 6.11. The molecule has 0 amide bonds. The largest absolute Gasteiger partial charge is 0.348 e. The zero-order valence-corrected chi connectivity index (χ0v) is 12.3. The zero-order chi connectivity index (χ0) is 13.6. The Hall–Kier alpha value is -1.28. The summed E-state index contributed by atoms with van der Waals surface area (Å²) in [6.45, 7) is 5.19. The van der Waals surface area contributed by atoms with E-state index in [1.54, 1.807) is 0 Å². The van der Waals surface area contributed by atoms with E-state index >= 15 is 0 Å². The first-order valence-electron chi connectivity index (χ1n) is 7.35. The molecule has 3 rings (SSSR count). The van der Waals surface area contributed by atoms with Gasteiger partial charge in [0.1, 0.15) is 0 Å². The summed E-state index contributed by atoms with van der Waals surface area (Å²) >= 11 is 0. The van der Waals surface area contributed by atoms with E-state index in [0.29, 0.717) is 0 Å². The van der Waals surface area contributed by atoms with Crippen LogP contribution >= 0.6 is 0 Å². The van der Waals surface area contributed by atoms with Crippen molar-refractivity contribution in [1.29, 1.82) is 0 Å². The standard InChI is InChI=1S/C17H24N2/c1-12-13(2)19(3)16-10-14(6-7-15(12)16)17(11-18)8-4-5-9-17/h6-7,10H,4-5,8-9,11,18H2,1-3H3. The van der Waals surface area contributed by atoms with Gasteiger partial charge in [-0.2, -0.15) is 0 Å². The van der Waals surface area contributed by atoms with Crippen molar-refractivity contribution in [3.63, 3.8) is 0 Å². The molecule has 0 spiro atoms. The van der Waals surface area contributed by atoms with Crippen LogP contribution in [0.3, 0.4) is 0 Å². The highest BCUT2D eigenvalue weighted by Gasteiger charge is 2.34. The molecule has 0 atom stereocenters. The van der Waals surface area contributed by atoms with Crippen LogP contribution in [-0.4, -0.2) is 11.1 Å². The van der Waals surface area contributed by atoms with Gasteiger partial charge in [-0.25, -0.2) is 0 Å². The Morgan fingerprint density at radius 3 is 2.53 bits per heavy atom. The van der Waals surface area contributed by atoms with Crippen LogP contribution in [0.2, 0.25) is 0 Å². The monoisotopic (exact) mass is 256 g/mol. The highest BCUT2D eigenvalue weighted by molar-refractivity contribution is 5.86. The van der Waals surface area contributed by atoms with Crippen LogP contribution in [0, 0.1) is 13.8 Å². The van der Waals surface area contributed by atoms with Crippen molar-refractivity contribution >= 4 is 10.9 Å². The van der Waals surface area contributed by atoms with Gasteiger partial charge in [0.05, 0.1) is 0 Å². The molecule has 2 N–H and O–H groups in total. The third-order valence-corrected chi connectivity index (χ3v) is 5.37. The summed E-state index contributed by atoms with van der Waals surface area (Å²) < 4.78 is 2.31. The highest BCUT2D eigenvalue weighted by Crippen LogP contribution is 2.41. The van der Waals surface area contributed by atoms with E-state index in [-0.39, 0.29) is 5.41 Å². The smallest absolute Gasteiger partial charge is 0.0485 e. The molecular weight excluding hydrogens is 232 g/mol. The van der Waals surface area contributed by atoms with Crippen LogP contribution < -0.4 is 5.73 Å². The summed E-state index contributed by atoms with van der Waals surface area (Å²) in [5, 5.41) is 1.38. The van der Waals surface area contributed by atoms with Gasteiger partial charge in [0.25, 0.3) is 0 Å². The predicted molar refractivity (Wildman–Crippen MR) is 81.6 cm³/mol. The number of nitrogens with zero attached hydrogens (tertiary/aromatic N) is 1. The second-order valence-electron chi connectivity index (χ2n) is 6.19. The Bertz CT molecular complexity index is 616. The molecule has 0 radical (unpaired) electrons. The van der Waals surface area contributed by atoms with Crippen molar-refractivity contribution < 1.29 is 0 Å². The van der Waals surface area contributed by atoms with Gasteiger partial charge >= 0.3 is 0 Å².